The maximum Gasteiger partial charge on any atom is 0.256 e. The fraction of sp³-hybridized carbons (Fsp3) is 0.350. The number of hydrogen-bond donors (Lipinski definition) is 1. The lowest BCUT2D eigenvalue weighted by molar-refractivity contribution is 0.0693. The molecule has 1 amide bonds. The lowest BCUT2D eigenvalue weighted by Gasteiger charge is -2.34. The molecule has 1 heterocycles. The van der Waals surface area contributed by atoms with Crippen molar-refractivity contribution >= 4 is 26.0 Å². The molecule has 31 heavy (non-hydrogen) atoms. The number of hydrogen-bond acceptors (Lipinski definition) is 5. The Hall–Kier alpha value is -2.34. The molecule has 2 aromatic carbocycles. The first-order valence-corrected chi connectivity index (χ1v) is 12.5. The van der Waals surface area contributed by atoms with Gasteiger partial charge in [-0.05, 0) is 56.3 Å². The van der Waals surface area contributed by atoms with Gasteiger partial charge in [-0.15, -0.1) is 0 Å². The molecule has 0 spiro atoms. The van der Waals surface area contributed by atoms with Gasteiger partial charge < -0.3 is 4.90 Å². The molecule has 1 aliphatic rings. The largest absolute Gasteiger partial charge is 0.336 e. The van der Waals surface area contributed by atoms with Crippen LogP contribution in [-0.4, -0.2) is 65.2 Å². The van der Waals surface area contributed by atoms with Crippen molar-refractivity contribution in [3.8, 4) is 0 Å². The number of rotatable bonds is 5. The van der Waals surface area contributed by atoms with Gasteiger partial charge in [0, 0.05) is 26.2 Å². The Kier molecular flexibility index (Phi) is 6.51. The lowest BCUT2D eigenvalue weighted by atomic mass is 10.1. The van der Waals surface area contributed by atoms with Crippen LogP contribution in [-0.2, 0) is 20.0 Å². The van der Waals surface area contributed by atoms with Crippen molar-refractivity contribution in [3.05, 3.63) is 58.9 Å². The second-order valence-corrected chi connectivity index (χ2v) is 11.1. The molecule has 8 nitrogen and oxygen atoms in total. The molecule has 0 bridgehead atoms. The number of aryl methyl sites for hydroxylation is 2. The number of carbonyl (C=O) groups is 1. The first-order chi connectivity index (χ1) is 14.5. The zero-order valence-corrected chi connectivity index (χ0v) is 19.1. The number of nitrogens with zero attached hydrogens (tertiary/aromatic N) is 2. The maximum absolute atomic E-state index is 14.3. The third-order valence-electron chi connectivity index (χ3n) is 5.23. The van der Waals surface area contributed by atoms with E-state index in [1.54, 1.807) is 19.1 Å². The Morgan fingerprint density at radius 2 is 1.61 bits per heavy atom. The van der Waals surface area contributed by atoms with E-state index in [1.807, 2.05) is 13.0 Å². The van der Waals surface area contributed by atoms with Crippen molar-refractivity contribution < 1.29 is 26.0 Å². The average molecular weight is 470 g/mol. The van der Waals surface area contributed by atoms with Gasteiger partial charge in [0.1, 0.15) is 5.82 Å². The van der Waals surface area contributed by atoms with E-state index in [2.05, 4.69) is 4.72 Å². The van der Waals surface area contributed by atoms with Gasteiger partial charge in [-0.2, -0.15) is 4.31 Å². The van der Waals surface area contributed by atoms with Gasteiger partial charge in [-0.25, -0.2) is 25.9 Å². The number of nitrogens with one attached hydrogen (secondary N) is 1. The fourth-order valence-corrected chi connectivity index (χ4v) is 5.87. The van der Waals surface area contributed by atoms with Crippen LogP contribution in [0.4, 0.5) is 4.39 Å². The number of sulfonamides is 2. The molecule has 168 valence electrons. The van der Waals surface area contributed by atoms with E-state index in [1.165, 1.54) is 16.3 Å². The molecule has 2 aromatic rings. The van der Waals surface area contributed by atoms with Crippen molar-refractivity contribution in [1.29, 1.82) is 0 Å². The van der Waals surface area contributed by atoms with Crippen molar-refractivity contribution in [1.82, 2.24) is 13.9 Å². The summed E-state index contributed by atoms with van der Waals surface area (Å²) in [5.74, 6) is -1.53. The van der Waals surface area contributed by atoms with Crippen LogP contribution in [0.3, 0.4) is 0 Å². The molecule has 1 N–H and O–H groups in total. The highest BCUT2D eigenvalue weighted by atomic mass is 32.2. The summed E-state index contributed by atoms with van der Waals surface area (Å²) in [6.07, 6.45) is 0. The molecule has 11 heteroatoms. The van der Waals surface area contributed by atoms with E-state index in [-0.39, 0.29) is 41.5 Å². The number of amides is 1. The second kappa shape index (κ2) is 8.65. The summed E-state index contributed by atoms with van der Waals surface area (Å²) in [6.45, 7) is 3.76. The Morgan fingerprint density at radius 1 is 0.968 bits per heavy atom. The summed E-state index contributed by atoms with van der Waals surface area (Å²) in [7, 11) is -6.36. The van der Waals surface area contributed by atoms with Crippen LogP contribution >= 0.6 is 0 Å². The molecule has 1 fully saturated rings. The summed E-state index contributed by atoms with van der Waals surface area (Å²) in [4.78, 5) is 14.1. The molecular weight excluding hydrogens is 445 g/mol. The molecule has 3 rings (SSSR count). The predicted molar refractivity (Wildman–Crippen MR) is 113 cm³/mol. The molecule has 0 aromatic heterocycles. The minimum Gasteiger partial charge on any atom is -0.336 e. The van der Waals surface area contributed by atoms with Crippen molar-refractivity contribution in [2.45, 2.75) is 23.6 Å². The standard InChI is InChI=1S/C20H24FN3O5S2/c1-14-4-5-15(2)19(12-14)31(28,29)24-10-8-23(9-11-24)20(25)17-13-16(6-7-18(17)21)30(26,27)22-3/h4-7,12-13,22H,8-11H2,1-3H3. The fourth-order valence-electron chi connectivity index (χ4n) is 3.38. The first kappa shape index (κ1) is 23.3. The van der Waals surface area contributed by atoms with Crippen molar-refractivity contribution in [3.63, 3.8) is 0 Å². The van der Waals surface area contributed by atoms with Gasteiger partial charge in [0.05, 0.1) is 15.4 Å². The molecular formula is C20H24FN3O5S2. The summed E-state index contributed by atoms with van der Waals surface area (Å²) in [5.41, 5.74) is 1.08. The van der Waals surface area contributed by atoms with Crippen LogP contribution in [0.25, 0.3) is 0 Å². The quantitative estimate of drug-likeness (QED) is 0.715. The number of halogens is 1. The second-order valence-electron chi connectivity index (χ2n) is 7.31. The maximum atomic E-state index is 14.3. The Morgan fingerprint density at radius 3 is 2.23 bits per heavy atom. The summed E-state index contributed by atoms with van der Waals surface area (Å²) < 4.78 is 67.7. The topological polar surface area (TPSA) is 104 Å². The van der Waals surface area contributed by atoms with Crippen LogP contribution in [0, 0.1) is 19.7 Å². The van der Waals surface area contributed by atoms with Gasteiger partial charge in [-0.3, -0.25) is 4.79 Å². The first-order valence-electron chi connectivity index (χ1n) is 9.57. The molecule has 0 radical (unpaired) electrons. The van der Waals surface area contributed by atoms with E-state index in [9.17, 15) is 26.0 Å². The van der Waals surface area contributed by atoms with Crippen LogP contribution < -0.4 is 4.72 Å². The monoisotopic (exact) mass is 469 g/mol. The van der Waals surface area contributed by atoms with Gasteiger partial charge in [0.15, 0.2) is 0 Å². The molecule has 0 atom stereocenters. The molecule has 0 saturated carbocycles. The van der Waals surface area contributed by atoms with Crippen LogP contribution in [0.5, 0.6) is 0 Å². The third kappa shape index (κ3) is 4.64. The highest BCUT2D eigenvalue weighted by Gasteiger charge is 2.32. The zero-order chi connectivity index (χ0) is 23.0. The highest BCUT2D eigenvalue weighted by molar-refractivity contribution is 7.89. The van der Waals surface area contributed by atoms with Crippen molar-refractivity contribution in [2.24, 2.45) is 0 Å². The van der Waals surface area contributed by atoms with Gasteiger partial charge in [0.2, 0.25) is 20.0 Å². The van der Waals surface area contributed by atoms with Crippen LogP contribution in [0.2, 0.25) is 0 Å². The summed E-state index contributed by atoms with van der Waals surface area (Å²) in [6, 6.07) is 8.19. The minimum absolute atomic E-state index is 0.0532. The minimum atomic E-state index is -3.84. The Balaban J connectivity index is 1.79. The zero-order valence-electron chi connectivity index (χ0n) is 17.4. The summed E-state index contributed by atoms with van der Waals surface area (Å²) >= 11 is 0. The predicted octanol–water partition coefficient (Wildman–Crippen LogP) is 1.50. The third-order valence-corrected chi connectivity index (χ3v) is 8.69. The van der Waals surface area contributed by atoms with Crippen molar-refractivity contribution in [2.75, 3.05) is 33.2 Å². The molecule has 0 unspecified atom stereocenters. The number of carbonyl (C=O) groups excluding carboxylic acids is 1. The average Bonchev–Trinajstić information content (AvgIpc) is 2.75. The molecule has 1 aliphatic heterocycles. The number of piperazine rings is 1. The van der Waals surface area contributed by atoms with E-state index in [4.69, 9.17) is 0 Å². The van der Waals surface area contributed by atoms with E-state index in [0.29, 0.717) is 5.56 Å². The van der Waals surface area contributed by atoms with Gasteiger partial charge in [-0.1, -0.05) is 12.1 Å². The Labute approximate surface area is 181 Å². The lowest BCUT2D eigenvalue weighted by Crippen LogP contribution is -2.50. The molecule has 0 aliphatic carbocycles. The SMILES string of the molecule is CNS(=O)(=O)c1ccc(F)c(C(=O)N2CCN(S(=O)(=O)c3cc(C)ccc3C)CC2)c1. The number of benzene rings is 2. The highest BCUT2D eigenvalue weighted by Crippen LogP contribution is 2.23. The molecule has 1 saturated heterocycles. The Bertz CT molecular complexity index is 1220. The van der Waals surface area contributed by atoms with Gasteiger partial charge in [0.25, 0.3) is 5.91 Å². The van der Waals surface area contributed by atoms with E-state index >= 15 is 0 Å². The normalized spacial score (nSPS) is 15.8. The van der Waals surface area contributed by atoms with Crippen LogP contribution in [0.15, 0.2) is 46.2 Å². The van der Waals surface area contributed by atoms with Gasteiger partial charge >= 0.3 is 0 Å². The summed E-state index contributed by atoms with van der Waals surface area (Å²) in [5, 5.41) is 0. The van der Waals surface area contributed by atoms with Crippen LogP contribution in [0.1, 0.15) is 21.5 Å². The van der Waals surface area contributed by atoms with E-state index < -0.39 is 31.8 Å². The van der Waals surface area contributed by atoms with E-state index in [0.717, 1.165) is 23.8 Å². The smallest absolute Gasteiger partial charge is 0.256 e.